The maximum absolute atomic E-state index is 12.5. The van der Waals surface area contributed by atoms with Gasteiger partial charge in [-0.15, -0.1) is 5.92 Å². The minimum Gasteiger partial charge on any atom is -0.493 e. The van der Waals surface area contributed by atoms with Gasteiger partial charge in [0.05, 0.1) is 29.0 Å². The van der Waals surface area contributed by atoms with E-state index in [9.17, 15) is 9.90 Å². The maximum atomic E-state index is 12.5. The van der Waals surface area contributed by atoms with Crippen LogP contribution >= 0.6 is 11.3 Å². The van der Waals surface area contributed by atoms with Gasteiger partial charge in [0.15, 0.2) is 5.13 Å². The molecule has 2 aliphatic heterocycles. The average Bonchev–Trinajstić information content (AvgIpc) is 3.22. The molecule has 1 fully saturated rings. The summed E-state index contributed by atoms with van der Waals surface area (Å²) in [6, 6.07) is 2.78. The zero-order valence-corrected chi connectivity index (χ0v) is 14.2. The first-order chi connectivity index (χ1) is 11.6. The Morgan fingerprint density at radius 1 is 1.54 bits per heavy atom. The van der Waals surface area contributed by atoms with E-state index in [1.165, 1.54) is 11.3 Å². The van der Waals surface area contributed by atoms with Crippen molar-refractivity contribution in [2.45, 2.75) is 38.5 Å². The van der Waals surface area contributed by atoms with Crippen molar-refractivity contribution in [2.24, 2.45) is 0 Å². The van der Waals surface area contributed by atoms with Crippen molar-refractivity contribution in [1.82, 2.24) is 10.3 Å². The summed E-state index contributed by atoms with van der Waals surface area (Å²) in [7, 11) is 0. The lowest BCUT2D eigenvalue weighted by Gasteiger charge is -2.21. The van der Waals surface area contributed by atoms with Crippen LogP contribution in [0.5, 0.6) is 5.75 Å². The number of carbonyl (C=O) groups excluding carboxylic acids is 1. The lowest BCUT2D eigenvalue weighted by atomic mass is 10.1. The van der Waals surface area contributed by atoms with Crippen LogP contribution in [0.3, 0.4) is 0 Å². The molecule has 7 heteroatoms. The number of nitrogens with one attached hydrogen (secondary N) is 1. The zero-order valence-electron chi connectivity index (χ0n) is 13.4. The summed E-state index contributed by atoms with van der Waals surface area (Å²) in [5.74, 6) is 6.75. The summed E-state index contributed by atoms with van der Waals surface area (Å²) in [4.78, 5) is 18.7. The standard InChI is InChI=1S/C17H17N3O3S/c1-3-4-11-14(9(2)21)18-16(22)20(11)17-19-15-10-7-8-23-12(10)5-6-13(15)24-17/h5-6,9,11,14,21H,7-8H2,1-2H3,(H,18,22)/t9?,11-,14?/m0/s1. The average molecular weight is 343 g/mol. The van der Waals surface area contributed by atoms with E-state index in [2.05, 4.69) is 17.2 Å². The van der Waals surface area contributed by atoms with Crippen molar-refractivity contribution >= 4 is 32.7 Å². The zero-order chi connectivity index (χ0) is 16.8. The molecule has 2 N–H and O–H groups in total. The number of nitrogens with zero attached hydrogens (tertiary/aromatic N) is 2. The van der Waals surface area contributed by atoms with Crippen LogP contribution in [-0.4, -0.2) is 40.9 Å². The van der Waals surface area contributed by atoms with E-state index in [4.69, 9.17) is 9.72 Å². The number of urea groups is 1. The lowest BCUT2D eigenvalue weighted by Crippen LogP contribution is -2.42. The van der Waals surface area contributed by atoms with Crippen LogP contribution in [-0.2, 0) is 6.42 Å². The second kappa shape index (κ2) is 5.65. The first-order valence-corrected chi connectivity index (χ1v) is 8.67. The predicted molar refractivity (Wildman–Crippen MR) is 92.5 cm³/mol. The Morgan fingerprint density at radius 2 is 2.38 bits per heavy atom. The van der Waals surface area contributed by atoms with E-state index in [0.29, 0.717) is 11.7 Å². The Bertz CT molecular complexity index is 880. The first kappa shape index (κ1) is 15.2. The van der Waals surface area contributed by atoms with Crippen molar-refractivity contribution in [3.8, 4) is 17.6 Å². The van der Waals surface area contributed by atoms with E-state index in [1.807, 2.05) is 12.1 Å². The van der Waals surface area contributed by atoms with E-state index >= 15 is 0 Å². The molecular formula is C17H17N3O3S. The van der Waals surface area contributed by atoms with Crippen LogP contribution in [0, 0.1) is 11.8 Å². The lowest BCUT2D eigenvalue weighted by molar-refractivity contribution is 0.153. The number of anilines is 1. The van der Waals surface area contributed by atoms with Crippen LogP contribution in [0.2, 0.25) is 0 Å². The fourth-order valence-corrected chi connectivity index (χ4v) is 4.26. The van der Waals surface area contributed by atoms with E-state index in [-0.39, 0.29) is 6.03 Å². The molecule has 1 aromatic heterocycles. The van der Waals surface area contributed by atoms with Crippen LogP contribution in [0.1, 0.15) is 19.4 Å². The topological polar surface area (TPSA) is 74.7 Å². The number of amides is 2. The Morgan fingerprint density at radius 3 is 3.12 bits per heavy atom. The fourth-order valence-electron chi connectivity index (χ4n) is 3.23. The largest absolute Gasteiger partial charge is 0.493 e. The number of thiazole rings is 1. The second-order valence-corrected chi connectivity index (χ2v) is 6.92. The number of hydrogen-bond donors (Lipinski definition) is 2. The predicted octanol–water partition coefficient (Wildman–Crippen LogP) is 1.90. The van der Waals surface area contributed by atoms with Gasteiger partial charge in [-0.1, -0.05) is 17.3 Å². The molecule has 0 aliphatic carbocycles. The van der Waals surface area contributed by atoms with Gasteiger partial charge in [-0.2, -0.15) is 0 Å². The summed E-state index contributed by atoms with van der Waals surface area (Å²) in [5, 5.41) is 13.4. The highest BCUT2D eigenvalue weighted by molar-refractivity contribution is 7.22. The molecule has 124 valence electrons. The number of hydrogen-bond acceptors (Lipinski definition) is 5. The summed E-state index contributed by atoms with van der Waals surface area (Å²) in [5.41, 5.74) is 1.99. The summed E-state index contributed by atoms with van der Waals surface area (Å²) in [6.07, 6.45) is 0.133. The summed E-state index contributed by atoms with van der Waals surface area (Å²) in [6.45, 7) is 4.05. The molecule has 1 saturated heterocycles. The van der Waals surface area contributed by atoms with Gasteiger partial charge in [-0.05, 0) is 26.0 Å². The Kier molecular flexibility index (Phi) is 3.59. The number of benzene rings is 1. The Hall–Kier alpha value is -2.30. The minimum atomic E-state index is -0.697. The van der Waals surface area contributed by atoms with Crippen LogP contribution < -0.4 is 15.0 Å². The van der Waals surface area contributed by atoms with Crippen molar-refractivity contribution in [3.05, 3.63) is 17.7 Å². The fraction of sp³-hybridized carbons (Fsp3) is 0.412. The van der Waals surface area contributed by atoms with Crippen molar-refractivity contribution in [1.29, 1.82) is 0 Å². The van der Waals surface area contributed by atoms with E-state index in [0.717, 1.165) is 28.0 Å². The molecule has 1 aromatic carbocycles. The van der Waals surface area contributed by atoms with Crippen LogP contribution in [0.25, 0.3) is 10.2 Å². The van der Waals surface area contributed by atoms with E-state index < -0.39 is 18.2 Å². The molecule has 24 heavy (non-hydrogen) atoms. The van der Waals surface area contributed by atoms with Crippen LogP contribution in [0.4, 0.5) is 9.93 Å². The minimum absolute atomic E-state index is 0.277. The number of ether oxygens (including phenoxy) is 1. The molecule has 2 aromatic rings. The van der Waals surface area contributed by atoms with Gasteiger partial charge in [0.1, 0.15) is 11.8 Å². The molecular weight excluding hydrogens is 326 g/mol. The molecule has 3 heterocycles. The number of rotatable bonds is 2. The molecule has 0 saturated carbocycles. The highest BCUT2D eigenvalue weighted by Gasteiger charge is 2.43. The molecule has 2 aliphatic rings. The third kappa shape index (κ3) is 2.22. The molecule has 3 atom stereocenters. The number of aliphatic hydroxyl groups excluding tert-OH is 1. The number of fused-ring (bicyclic) bond motifs is 3. The SMILES string of the molecule is CC#C[C@H]1C(C(C)O)NC(=O)N1c1nc2c3c(ccc2s1)OCC3. The molecule has 0 radical (unpaired) electrons. The van der Waals surface area contributed by atoms with Crippen molar-refractivity contribution < 1.29 is 14.6 Å². The molecule has 2 unspecified atom stereocenters. The highest BCUT2D eigenvalue weighted by atomic mass is 32.1. The smallest absolute Gasteiger partial charge is 0.325 e. The van der Waals surface area contributed by atoms with E-state index in [1.54, 1.807) is 18.7 Å². The number of aromatic nitrogens is 1. The van der Waals surface area contributed by atoms with Gasteiger partial charge in [0.25, 0.3) is 0 Å². The second-order valence-electron chi connectivity index (χ2n) is 5.91. The van der Waals surface area contributed by atoms with Crippen LogP contribution in [0.15, 0.2) is 12.1 Å². The Balaban J connectivity index is 1.80. The number of carbonyl (C=O) groups is 1. The summed E-state index contributed by atoms with van der Waals surface area (Å²) >= 11 is 1.46. The third-order valence-corrected chi connectivity index (χ3v) is 5.39. The normalized spacial score (nSPS) is 23.5. The summed E-state index contributed by atoms with van der Waals surface area (Å²) < 4.78 is 6.61. The number of aliphatic hydroxyl groups is 1. The van der Waals surface area contributed by atoms with Crippen molar-refractivity contribution in [2.75, 3.05) is 11.5 Å². The van der Waals surface area contributed by atoms with Gasteiger partial charge < -0.3 is 15.2 Å². The van der Waals surface area contributed by atoms with Gasteiger partial charge in [0.2, 0.25) is 0 Å². The first-order valence-electron chi connectivity index (χ1n) is 7.85. The van der Waals surface area contributed by atoms with Gasteiger partial charge in [-0.3, -0.25) is 4.90 Å². The highest BCUT2D eigenvalue weighted by Crippen LogP contribution is 2.39. The molecule has 4 rings (SSSR count). The maximum Gasteiger partial charge on any atom is 0.325 e. The van der Waals surface area contributed by atoms with Gasteiger partial charge >= 0.3 is 6.03 Å². The molecule has 0 bridgehead atoms. The van der Waals surface area contributed by atoms with Crippen molar-refractivity contribution in [3.63, 3.8) is 0 Å². The Labute approximate surface area is 143 Å². The van der Waals surface area contributed by atoms with Gasteiger partial charge in [0, 0.05) is 12.0 Å². The monoisotopic (exact) mass is 343 g/mol. The molecule has 0 spiro atoms. The molecule has 2 amide bonds. The quantitative estimate of drug-likeness (QED) is 0.817. The van der Waals surface area contributed by atoms with Gasteiger partial charge in [-0.25, -0.2) is 9.78 Å². The molecule has 6 nitrogen and oxygen atoms in total. The third-order valence-electron chi connectivity index (χ3n) is 4.37.